The fraction of sp³-hybridized carbons (Fsp3) is 0.444. The zero-order valence-corrected chi connectivity index (χ0v) is 37.4. The maximum atomic E-state index is 14.4. The molecule has 0 aromatic heterocycles. The second-order valence-electron chi connectivity index (χ2n) is 15.9. The van der Waals surface area contributed by atoms with Gasteiger partial charge in [0.2, 0.25) is 35.4 Å². The van der Waals surface area contributed by atoms with E-state index in [0.29, 0.717) is 16.7 Å². The van der Waals surface area contributed by atoms with Gasteiger partial charge in [0.1, 0.15) is 59.6 Å². The third kappa shape index (κ3) is 16.1. The second-order valence-corrected chi connectivity index (χ2v) is 15.9. The lowest BCUT2D eigenvalue weighted by Crippen LogP contribution is -2.62. The lowest BCUT2D eigenvalue weighted by atomic mass is 10.00. The predicted molar refractivity (Wildman–Crippen MR) is 234 cm³/mol. The molecule has 0 radical (unpaired) electrons. The van der Waals surface area contributed by atoms with Crippen LogP contribution < -0.4 is 37.2 Å². The number of phenols is 2. The van der Waals surface area contributed by atoms with Gasteiger partial charge in [-0.2, -0.15) is 0 Å². The summed E-state index contributed by atoms with van der Waals surface area (Å²) in [6, 6.07) is 2.91. The van der Waals surface area contributed by atoms with E-state index in [1.807, 2.05) is 0 Å². The highest BCUT2D eigenvalue weighted by Gasteiger charge is 2.38. The zero-order chi connectivity index (χ0) is 48.5. The molecule has 7 unspecified atom stereocenters. The highest BCUT2D eigenvalue weighted by atomic mass is 16.5. The molecule has 2 aromatic carbocycles. The summed E-state index contributed by atoms with van der Waals surface area (Å²) in [5, 5.41) is 46.7. The number of carboxylic acids is 1. The van der Waals surface area contributed by atoms with Crippen molar-refractivity contribution in [3.8, 4) is 11.5 Å². The third-order valence-corrected chi connectivity index (χ3v) is 10.5. The number of carboxylic acid groups (broad SMARTS) is 1. The molecule has 1 heterocycles. The third-order valence-electron chi connectivity index (χ3n) is 10.5. The predicted octanol–water partition coefficient (Wildman–Crippen LogP) is 0.654. The van der Waals surface area contributed by atoms with E-state index in [0.717, 1.165) is 0 Å². The molecule has 1 saturated heterocycles. The Kier molecular flexibility index (Phi) is 19.7. The summed E-state index contributed by atoms with van der Waals surface area (Å²) in [6.07, 6.45) is 0.0121. The summed E-state index contributed by atoms with van der Waals surface area (Å²) in [5.74, 6) is -9.11. The minimum atomic E-state index is -1.78. The first-order valence-corrected chi connectivity index (χ1v) is 21.0. The fourth-order valence-electron chi connectivity index (χ4n) is 6.38. The Morgan fingerprint density at radius 2 is 1.37 bits per heavy atom. The van der Waals surface area contributed by atoms with Gasteiger partial charge in [0.05, 0.1) is 0 Å². The number of carbonyl (C=O) groups excluding carboxylic acids is 8. The fourth-order valence-corrected chi connectivity index (χ4v) is 6.38. The smallest absolute Gasteiger partial charge is 0.329 e. The first kappa shape index (κ1) is 52.1. The van der Waals surface area contributed by atoms with Crippen LogP contribution in [0, 0.1) is 5.92 Å². The van der Waals surface area contributed by atoms with Crippen molar-refractivity contribution in [1.82, 2.24) is 37.2 Å². The van der Waals surface area contributed by atoms with Crippen LogP contribution in [0.15, 0.2) is 72.0 Å². The maximum absolute atomic E-state index is 14.4. The molecule has 1 fully saturated rings. The van der Waals surface area contributed by atoms with Gasteiger partial charge in [0.15, 0.2) is 0 Å². The van der Waals surface area contributed by atoms with Crippen LogP contribution in [-0.2, 0) is 60.7 Å². The quantitative estimate of drug-likeness (QED) is 0.0869. The Hall–Kier alpha value is -7.25. The maximum Gasteiger partial charge on any atom is 0.329 e. The van der Waals surface area contributed by atoms with Crippen molar-refractivity contribution in [2.45, 2.75) is 123 Å². The van der Waals surface area contributed by atoms with Crippen LogP contribution in [0.25, 0.3) is 0 Å². The van der Waals surface area contributed by atoms with Crippen LogP contribution in [0.5, 0.6) is 11.5 Å². The van der Waals surface area contributed by atoms with Crippen molar-refractivity contribution in [2.75, 3.05) is 0 Å². The Morgan fingerprint density at radius 3 is 1.92 bits per heavy atom. The molecular formula is C45H59N7O13. The number of cyclic esters (lactones) is 1. The van der Waals surface area contributed by atoms with Crippen molar-refractivity contribution in [1.29, 1.82) is 0 Å². The van der Waals surface area contributed by atoms with Crippen molar-refractivity contribution >= 4 is 53.3 Å². The molecule has 65 heavy (non-hydrogen) atoms. The van der Waals surface area contributed by atoms with Crippen molar-refractivity contribution < 1.29 is 63.2 Å². The molecule has 2 aromatic rings. The number of amides is 7. The number of aliphatic carboxylic acids is 1. The standard InChI is InChI=1S/C45H59N7O13/c1-8-24(5)38(57)51-36(23(3)4)43(62)50-34(22-28-12-17-30(54)18-13-28)42(61)52-37-26(7)65-45(64)33(19-14-27-10-15-29(53)16-11-27)49-41(60)32(20-21-35(55)56)48-40(59)31(9-2)47-39(58)25(6)46-44(37)63/h8-13,15-18,23,25-26,32-34,36-37,53-54H,14,19-22H2,1-7H3,(H,46,63)(H,47,58)(H,48,59)(H,49,60)(H,50,62)(H,51,57)(H,52,61)(H,55,56)/b24-8+,31-9-. The number of esters is 1. The minimum Gasteiger partial charge on any atom is -0.508 e. The number of aromatic hydroxyl groups is 2. The molecule has 0 bridgehead atoms. The van der Waals surface area contributed by atoms with E-state index >= 15 is 0 Å². The Balaban J connectivity index is 2.09. The average Bonchev–Trinajstić information content (AvgIpc) is 3.25. The van der Waals surface area contributed by atoms with Crippen LogP contribution in [0.2, 0.25) is 0 Å². The summed E-state index contributed by atoms with van der Waals surface area (Å²) in [7, 11) is 0. The van der Waals surface area contributed by atoms with Gasteiger partial charge >= 0.3 is 11.9 Å². The van der Waals surface area contributed by atoms with Crippen molar-refractivity contribution in [3.05, 3.63) is 83.1 Å². The van der Waals surface area contributed by atoms with Crippen LogP contribution >= 0.6 is 0 Å². The summed E-state index contributed by atoms with van der Waals surface area (Å²) in [4.78, 5) is 121. The topological polar surface area (TPSA) is 308 Å². The van der Waals surface area contributed by atoms with Crippen LogP contribution in [-0.4, -0.2) is 111 Å². The monoisotopic (exact) mass is 905 g/mol. The first-order chi connectivity index (χ1) is 30.6. The van der Waals surface area contributed by atoms with Gasteiger partial charge in [0.25, 0.3) is 5.91 Å². The Labute approximate surface area is 376 Å². The van der Waals surface area contributed by atoms with Gasteiger partial charge in [0, 0.05) is 18.4 Å². The van der Waals surface area contributed by atoms with E-state index < -0.39 is 114 Å². The highest BCUT2D eigenvalue weighted by Crippen LogP contribution is 2.16. The van der Waals surface area contributed by atoms with E-state index in [4.69, 9.17) is 4.74 Å². The minimum absolute atomic E-state index is 0.0229. The molecule has 0 saturated carbocycles. The molecule has 20 heteroatoms. The Morgan fingerprint density at radius 1 is 0.769 bits per heavy atom. The number of carbonyl (C=O) groups is 9. The normalized spacial score (nSPS) is 21.7. The van der Waals surface area contributed by atoms with Gasteiger partial charge < -0.3 is 57.3 Å². The average molecular weight is 906 g/mol. The van der Waals surface area contributed by atoms with Gasteiger partial charge in [-0.1, -0.05) is 50.3 Å². The molecular weight excluding hydrogens is 847 g/mol. The van der Waals surface area contributed by atoms with Crippen LogP contribution in [0.4, 0.5) is 0 Å². The molecule has 352 valence electrons. The van der Waals surface area contributed by atoms with Gasteiger partial charge in [-0.25, -0.2) is 4.79 Å². The van der Waals surface area contributed by atoms with Crippen LogP contribution in [0.1, 0.15) is 78.9 Å². The summed E-state index contributed by atoms with van der Waals surface area (Å²) < 4.78 is 5.77. The van der Waals surface area contributed by atoms with E-state index in [2.05, 4.69) is 37.2 Å². The van der Waals surface area contributed by atoms with Gasteiger partial charge in [-0.3, -0.25) is 38.4 Å². The lowest BCUT2D eigenvalue weighted by molar-refractivity contribution is -0.156. The Bertz CT molecular complexity index is 2140. The number of hydrogen-bond acceptors (Lipinski definition) is 12. The number of rotatable bonds is 15. The van der Waals surface area contributed by atoms with Crippen LogP contribution in [0.3, 0.4) is 0 Å². The van der Waals surface area contributed by atoms with E-state index in [-0.39, 0.29) is 36.5 Å². The highest BCUT2D eigenvalue weighted by molar-refractivity contribution is 6.02. The number of hydrogen-bond donors (Lipinski definition) is 10. The largest absolute Gasteiger partial charge is 0.508 e. The molecule has 7 atom stereocenters. The summed E-state index contributed by atoms with van der Waals surface area (Å²) >= 11 is 0. The van der Waals surface area contributed by atoms with E-state index in [9.17, 15) is 58.5 Å². The lowest BCUT2D eigenvalue weighted by Gasteiger charge is -2.30. The molecule has 7 amide bonds. The first-order valence-electron chi connectivity index (χ1n) is 21.0. The molecule has 1 aliphatic heterocycles. The molecule has 3 rings (SSSR count). The number of allylic oxidation sites excluding steroid dienone is 2. The number of benzene rings is 2. The molecule has 1 aliphatic rings. The summed E-state index contributed by atoms with van der Waals surface area (Å²) in [6.45, 7) is 10.5. The zero-order valence-electron chi connectivity index (χ0n) is 37.4. The summed E-state index contributed by atoms with van der Waals surface area (Å²) in [5.41, 5.74) is 1.07. The van der Waals surface area contributed by atoms with E-state index in [1.165, 1.54) is 63.2 Å². The molecule has 0 spiro atoms. The number of ether oxygens (including phenoxy) is 1. The number of aryl methyl sites for hydroxylation is 1. The second kappa shape index (κ2) is 24.6. The van der Waals surface area contributed by atoms with Crippen molar-refractivity contribution in [3.63, 3.8) is 0 Å². The van der Waals surface area contributed by atoms with Gasteiger partial charge in [-0.15, -0.1) is 0 Å². The molecule has 10 N–H and O–H groups in total. The van der Waals surface area contributed by atoms with Gasteiger partial charge in [-0.05, 0) is 95.2 Å². The molecule has 0 aliphatic carbocycles. The SMILES string of the molecule is C/C=C1\NC(=O)C(C)NC(=O)C(NC(=O)C(Cc2ccc(O)cc2)NC(=O)C(NC(=O)/C(C)=C/C)C(C)C)C(C)OC(=O)C(CCc2ccc(O)cc2)NC(=O)C(CCC(=O)O)NC1=O. The molecule has 20 nitrogen and oxygen atoms in total. The number of nitrogens with one attached hydrogen (secondary N) is 7. The van der Waals surface area contributed by atoms with Crippen molar-refractivity contribution in [2.24, 2.45) is 5.92 Å². The van der Waals surface area contributed by atoms with E-state index in [1.54, 1.807) is 45.9 Å². The number of phenolic OH excluding ortho intramolecular Hbond substituents is 2.